The van der Waals surface area contributed by atoms with E-state index in [0.717, 1.165) is 8.05 Å². The first kappa shape index (κ1) is 17.0. The zero-order chi connectivity index (χ0) is 12.2. The van der Waals surface area contributed by atoms with Crippen LogP contribution in [-0.2, 0) is 23.1 Å². The molecule has 0 saturated carbocycles. The van der Waals surface area contributed by atoms with Gasteiger partial charge in [0.05, 0.1) is 26.4 Å². The maximum Gasteiger partial charge on any atom is 0.514 e. The Kier molecular flexibility index (Phi) is 13.2. The van der Waals surface area contributed by atoms with Crippen LogP contribution in [0.2, 0.25) is 0 Å². The SMILES string of the molecule is BOP(=O)(O)OC=O.OCCOCCO. The van der Waals surface area contributed by atoms with E-state index in [9.17, 15) is 9.36 Å². The third-order valence-corrected chi connectivity index (χ3v) is 1.69. The van der Waals surface area contributed by atoms with Gasteiger partial charge in [0.15, 0.2) is 0 Å². The predicted molar refractivity (Wildman–Crippen MR) is 51.6 cm³/mol. The Balaban J connectivity index is 0. The van der Waals surface area contributed by atoms with Crippen molar-refractivity contribution in [3.8, 4) is 0 Å². The van der Waals surface area contributed by atoms with E-state index in [1.807, 2.05) is 0 Å². The highest BCUT2D eigenvalue weighted by atomic mass is 31.2. The standard InChI is InChI=1S/C4H10O3.CH4BO5P/c5-1-3-7-4-2-6;2-7-8(4,5)6-1-3/h5-6H,1-4H2;1H,2H2,(H,4,5). The molecule has 0 aliphatic heterocycles. The van der Waals surface area contributed by atoms with E-state index in [2.05, 4.69) is 13.7 Å². The summed E-state index contributed by atoms with van der Waals surface area (Å²) in [7, 11) is -3.08. The van der Waals surface area contributed by atoms with Crippen molar-refractivity contribution in [2.24, 2.45) is 0 Å². The number of phosphoric acid groups is 1. The average molecular weight is 244 g/mol. The topological polar surface area (TPSA) is 123 Å². The minimum Gasteiger partial charge on any atom is -0.394 e. The van der Waals surface area contributed by atoms with E-state index < -0.39 is 7.82 Å². The second-order valence-electron chi connectivity index (χ2n) is 1.91. The van der Waals surface area contributed by atoms with E-state index in [4.69, 9.17) is 15.1 Å². The number of phosphoric ester groups is 1. The fraction of sp³-hybridized carbons (Fsp3) is 0.800. The molecule has 3 N–H and O–H groups in total. The third-order valence-electron chi connectivity index (χ3n) is 0.878. The van der Waals surface area contributed by atoms with Gasteiger partial charge in [-0.25, -0.2) is 4.57 Å². The van der Waals surface area contributed by atoms with Gasteiger partial charge in [0.2, 0.25) is 0 Å². The summed E-state index contributed by atoms with van der Waals surface area (Å²) in [6, 6.07) is 0. The Hall–Kier alpha value is -0.435. The van der Waals surface area contributed by atoms with Crippen LogP contribution in [-0.4, -0.2) is 56.1 Å². The Bertz CT molecular complexity index is 184. The molecule has 10 heteroatoms. The molecule has 0 aromatic heterocycles. The number of aliphatic hydroxyl groups is 2. The molecule has 0 aromatic rings. The first-order chi connectivity index (χ1) is 7.04. The van der Waals surface area contributed by atoms with Gasteiger partial charge in [-0.2, -0.15) is 0 Å². The van der Waals surface area contributed by atoms with Gasteiger partial charge in [-0.3, -0.25) is 9.69 Å². The van der Waals surface area contributed by atoms with Crippen LogP contribution in [0.3, 0.4) is 0 Å². The molecular formula is C5H14BO8P. The lowest BCUT2D eigenvalue weighted by molar-refractivity contribution is -0.121. The molecule has 0 saturated heterocycles. The van der Waals surface area contributed by atoms with Gasteiger partial charge in [-0.1, -0.05) is 0 Å². The monoisotopic (exact) mass is 244 g/mol. The predicted octanol–water partition coefficient (Wildman–Crippen LogP) is -2.19. The molecule has 90 valence electrons. The van der Waals surface area contributed by atoms with Crippen LogP contribution in [0.5, 0.6) is 0 Å². The van der Waals surface area contributed by atoms with Crippen molar-refractivity contribution in [1.29, 1.82) is 0 Å². The van der Waals surface area contributed by atoms with Crippen molar-refractivity contribution in [2.75, 3.05) is 26.4 Å². The number of hydrogen-bond donors (Lipinski definition) is 3. The third kappa shape index (κ3) is 16.3. The quantitative estimate of drug-likeness (QED) is 0.200. The lowest BCUT2D eigenvalue weighted by Crippen LogP contribution is -2.03. The molecular weight excluding hydrogens is 230 g/mol. The van der Waals surface area contributed by atoms with Crippen LogP contribution in [0.1, 0.15) is 0 Å². The lowest BCUT2D eigenvalue weighted by Gasteiger charge is -2.02. The first-order valence-corrected chi connectivity index (χ1v) is 5.33. The van der Waals surface area contributed by atoms with Crippen molar-refractivity contribution in [2.45, 2.75) is 0 Å². The minimum absolute atomic E-state index is 0.0278. The van der Waals surface area contributed by atoms with E-state index >= 15 is 0 Å². The first-order valence-electron chi connectivity index (χ1n) is 3.84. The Morgan fingerprint density at radius 2 is 1.73 bits per heavy atom. The zero-order valence-corrected chi connectivity index (χ0v) is 9.13. The van der Waals surface area contributed by atoms with Crippen molar-refractivity contribution >= 4 is 22.3 Å². The molecule has 0 bridgehead atoms. The largest absolute Gasteiger partial charge is 0.514 e. The van der Waals surface area contributed by atoms with Gasteiger partial charge in [0.25, 0.3) is 8.05 Å². The molecule has 0 fully saturated rings. The Morgan fingerprint density at radius 3 is 1.93 bits per heavy atom. The van der Waals surface area contributed by atoms with Crippen LogP contribution < -0.4 is 0 Å². The summed E-state index contributed by atoms with van der Waals surface area (Å²) in [5.74, 6) is 0. The summed E-state index contributed by atoms with van der Waals surface area (Å²) >= 11 is 0. The second-order valence-corrected chi connectivity index (χ2v) is 3.43. The molecule has 0 heterocycles. The molecule has 15 heavy (non-hydrogen) atoms. The van der Waals surface area contributed by atoms with Crippen LogP contribution in [0.4, 0.5) is 0 Å². The second kappa shape index (κ2) is 11.6. The highest BCUT2D eigenvalue weighted by Gasteiger charge is 2.16. The number of carbonyl (C=O) groups is 1. The summed E-state index contributed by atoms with van der Waals surface area (Å²) < 4.78 is 22.1. The van der Waals surface area contributed by atoms with Gasteiger partial charge in [0.1, 0.15) is 0 Å². The van der Waals surface area contributed by atoms with Gasteiger partial charge >= 0.3 is 14.3 Å². The highest BCUT2D eigenvalue weighted by Crippen LogP contribution is 2.40. The van der Waals surface area contributed by atoms with Crippen LogP contribution in [0.15, 0.2) is 0 Å². The Labute approximate surface area is 87.8 Å². The Morgan fingerprint density at radius 1 is 1.27 bits per heavy atom. The summed E-state index contributed by atoms with van der Waals surface area (Å²) in [5, 5.41) is 16.2. The van der Waals surface area contributed by atoms with Crippen LogP contribution >= 0.6 is 7.82 Å². The van der Waals surface area contributed by atoms with Crippen molar-refractivity contribution in [3.05, 3.63) is 0 Å². The van der Waals surface area contributed by atoms with Crippen molar-refractivity contribution in [1.82, 2.24) is 0 Å². The summed E-state index contributed by atoms with van der Waals surface area (Å²) in [5.41, 5.74) is 0. The molecule has 8 nitrogen and oxygen atoms in total. The molecule has 0 aliphatic carbocycles. The number of hydrogen-bond acceptors (Lipinski definition) is 7. The molecule has 0 spiro atoms. The van der Waals surface area contributed by atoms with E-state index in [0.29, 0.717) is 13.2 Å². The van der Waals surface area contributed by atoms with Gasteiger partial charge in [0, 0.05) is 0 Å². The fourth-order valence-corrected chi connectivity index (χ4v) is 0.523. The summed E-state index contributed by atoms with van der Waals surface area (Å²) in [4.78, 5) is 17.5. The number of rotatable bonds is 7. The fourth-order valence-electron chi connectivity index (χ4n) is 0.329. The normalized spacial score (nSPS) is 13.3. The van der Waals surface area contributed by atoms with Gasteiger partial charge in [-0.15, -0.1) is 0 Å². The number of carbonyl (C=O) groups excluding carboxylic acids is 1. The summed E-state index contributed by atoms with van der Waals surface area (Å²) in [6.07, 6.45) is 0. The molecule has 0 amide bonds. The molecule has 1 unspecified atom stereocenters. The number of aliphatic hydroxyl groups excluding tert-OH is 2. The van der Waals surface area contributed by atoms with E-state index in [1.165, 1.54) is 0 Å². The minimum atomic E-state index is -4.04. The molecule has 0 aliphatic rings. The van der Waals surface area contributed by atoms with E-state index in [-0.39, 0.29) is 19.7 Å². The number of ether oxygens (including phenoxy) is 1. The maximum atomic E-state index is 10.1. The smallest absolute Gasteiger partial charge is 0.394 e. The lowest BCUT2D eigenvalue weighted by atomic mass is 10.6. The van der Waals surface area contributed by atoms with E-state index in [1.54, 1.807) is 0 Å². The van der Waals surface area contributed by atoms with Crippen molar-refractivity contribution in [3.63, 3.8) is 0 Å². The average Bonchev–Trinajstić information content (AvgIpc) is 2.20. The summed E-state index contributed by atoms with van der Waals surface area (Å²) in [6.45, 7) is 0.547. The van der Waals surface area contributed by atoms with Gasteiger partial charge < -0.3 is 23.9 Å². The molecule has 0 radical (unpaired) electrons. The van der Waals surface area contributed by atoms with Crippen molar-refractivity contribution < 1.29 is 38.2 Å². The van der Waals surface area contributed by atoms with Crippen LogP contribution in [0.25, 0.3) is 0 Å². The highest BCUT2D eigenvalue weighted by molar-refractivity contribution is 7.48. The zero-order valence-electron chi connectivity index (χ0n) is 8.24. The van der Waals surface area contributed by atoms with Crippen LogP contribution in [0, 0.1) is 0 Å². The van der Waals surface area contributed by atoms with Gasteiger partial charge in [-0.05, 0) is 0 Å². The molecule has 0 rings (SSSR count). The molecule has 0 aromatic carbocycles. The molecule has 1 atom stereocenters. The maximum absolute atomic E-state index is 10.1.